The number of hydrogen-bond acceptors (Lipinski definition) is 2. The van der Waals surface area contributed by atoms with Crippen LogP contribution in [-0.2, 0) is 4.79 Å². The maximum Gasteiger partial charge on any atom is 0.226 e. The van der Waals surface area contributed by atoms with Crippen molar-refractivity contribution in [2.45, 2.75) is 83.1 Å². The van der Waals surface area contributed by atoms with Crippen molar-refractivity contribution < 1.29 is 4.79 Å². The standard InChI is InChI=1S/C23H34N2OS/c26-20(12-23-9-15-2-16(10-23)4-17(3-15)11-23)24-22(27)25-21-18-5-13-1-14(7-18)8-19(21)6-13/h13-19,21H,1-12H2,(H2,24,25,26,27). The molecule has 0 atom stereocenters. The molecule has 3 nitrogen and oxygen atoms in total. The lowest BCUT2D eigenvalue weighted by Crippen LogP contribution is -2.58. The van der Waals surface area contributed by atoms with Gasteiger partial charge in [0.1, 0.15) is 0 Å². The molecular formula is C23H34N2OS. The van der Waals surface area contributed by atoms with Gasteiger partial charge in [0, 0.05) is 12.5 Å². The Balaban J connectivity index is 1.06. The molecule has 8 fully saturated rings. The maximum atomic E-state index is 12.8. The summed E-state index contributed by atoms with van der Waals surface area (Å²) in [6, 6.07) is 0.519. The summed E-state index contributed by atoms with van der Waals surface area (Å²) in [4.78, 5) is 12.8. The van der Waals surface area contributed by atoms with Gasteiger partial charge in [0.15, 0.2) is 5.11 Å². The Kier molecular flexibility index (Phi) is 3.94. The van der Waals surface area contributed by atoms with Crippen molar-refractivity contribution in [2.24, 2.45) is 46.8 Å². The van der Waals surface area contributed by atoms with Gasteiger partial charge in [0.2, 0.25) is 5.91 Å². The fraction of sp³-hybridized carbons (Fsp3) is 0.913. The van der Waals surface area contributed by atoms with E-state index in [9.17, 15) is 4.79 Å². The summed E-state index contributed by atoms with van der Waals surface area (Å²) < 4.78 is 0. The van der Waals surface area contributed by atoms with E-state index in [0.717, 1.165) is 41.4 Å². The first kappa shape index (κ1) is 17.2. The summed E-state index contributed by atoms with van der Waals surface area (Å²) in [6.07, 6.45) is 15.9. The highest BCUT2D eigenvalue weighted by Crippen LogP contribution is 2.61. The first-order valence-electron chi connectivity index (χ1n) is 11.6. The summed E-state index contributed by atoms with van der Waals surface area (Å²) in [5.41, 5.74) is 0.303. The fourth-order valence-electron chi connectivity index (χ4n) is 9.37. The van der Waals surface area contributed by atoms with E-state index in [1.54, 1.807) is 0 Å². The zero-order valence-electron chi connectivity index (χ0n) is 16.4. The van der Waals surface area contributed by atoms with E-state index < -0.39 is 0 Å². The number of thiocarbonyl (C=S) groups is 1. The number of carbonyl (C=O) groups excluding carboxylic acids is 1. The van der Waals surface area contributed by atoms with Crippen molar-refractivity contribution in [3.63, 3.8) is 0 Å². The molecule has 2 N–H and O–H groups in total. The second-order valence-electron chi connectivity index (χ2n) is 11.6. The first-order chi connectivity index (χ1) is 13.0. The van der Waals surface area contributed by atoms with Gasteiger partial charge >= 0.3 is 0 Å². The summed E-state index contributed by atoms with van der Waals surface area (Å²) in [7, 11) is 0. The highest BCUT2D eigenvalue weighted by atomic mass is 32.1. The average Bonchev–Trinajstić information content (AvgIpc) is 2.55. The SMILES string of the molecule is O=C(CC12CC3CC(CC(C3)C1)C2)NC(=S)NC1C2CC3CC(C2)CC1C3. The lowest BCUT2D eigenvalue weighted by atomic mass is 9.49. The Morgan fingerprint density at radius 2 is 1.26 bits per heavy atom. The molecule has 0 radical (unpaired) electrons. The lowest BCUT2D eigenvalue weighted by molar-refractivity contribution is -0.128. The summed E-state index contributed by atoms with van der Waals surface area (Å²) >= 11 is 5.60. The molecule has 0 spiro atoms. The van der Waals surface area contributed by atoms with Crippen LogP contribution in [0.1, 0.15) is 77.0 Å². The first-order valence-corrected chi connectivity index (χ1v) is 12.0. The van der Waals surface area contributed by atoms with Gasteiger partial charge in [-0.1, -0.05) is 0 Å². The molecule has 8 aliphatic rings. The lowest BCUT2D eigenvalue weighted by Gasteiger charge is -2.56. The number of rotatable bonds is 3. The van der Waals surface area contributed by atoms with Gasteiger partial charge in [-0.05, 0) is 130 Å². The molecule has 0 aromatic heterocycles. The van der Waals surface area contributed by atoms with Gasteiger partial charge in [-0.3, -0.25) is 4.79 Å². The van der Waals surface area contributed by atoms with Crippen LogP contribution >= 0.6 is 12.2 Å². The third kappa shape index (κ3) is 3.05. The monoisotopic (exact) mass is 386 g/mol. The normalized spacial score (nSPS) is 51.4. The zero-order chi connectivity index (χ0) is 18.2. The molecule has 0 aliphatic heterocycles. The van der Waals surface area contributed by atoms with Crippen LogP contribution in [0, 0.1) is 46.8 Å². The second-order valence-corrected chi connectivity index (χ2v) is 12.0. The third-order valence-corrected chi connectivity index (χ3v) is 9.70. The van der Waals surface area contributed by atoms with Crippen molar-refractivity contribution in [1.82, 2.24) is 10.6 Å². The van der Waals surface area contributed by atoms with Crippen molar-refractivity contribution >= 4 is 23.2 Å². The van der Waals surface area contributed by atoms with Crippen LogP contribution < -0.4 is 10.6 Å². The van der Waals surface area contributed by atoms with E-state index in [-0.39, 0.29) is 5.91 Å². The van der Waals surface area contributed by atoms with E-state index in [1.807, 2.05) is 0 Å². The van der Waals surface area contributed by atoms with Crippen molar-refractivity contribution in [2.75, 3.05) is 0 Å². The summed E-state index contributed by atoms with van der Waals surface area (Å²) in [5, 5.41) is 7.31. The van der Waals surface area contributed by atoms with Crippen LogP contribution in [0.3, 0.4) is 0 Å². The maximum absolute atomic E-state index is 12.8. The van der Waals surface area contributed by atoms with Gasteiger partial charge in [-0.2, -0.15) is 0 Å². The van der Waals surface area contributed by atoms with Crippen LogP contribution in [0.15, 0.2) is 0 Å². The van der Waals surface area contributed by atoms with E-state index in [2.05, 4.69) is 10.6 Å². The molecule has 148 valence electrons. The minimum absolute atomic E-state index is 0.179. The molecule has 0 aromatic rings. The highest BCUT2D eigenvalue weighted by Gasteiger charge is 2.52. The van der Waals surface area contributed by atoms with Crippen LogP contribution in [-0.4, -0.2) is 17.1 Å². The van der Waals surface area contributed by atoms with E-state index >= 15 is 0 Å². The van der Waals surface area contributed by atoms with Gasteiger partial charge in [-0.15, -0.1) is 0 Å². The zero-order valence-corrected chi connectivity index (χ0v) is 17.2. The quantitative estimate of drug-likeness (QED) is 0.706. The van der Waals surface area contributed by atoms with E-state index in [1.165, 1.54) is 70.6 Å². The van der Waals surface area contributed by atoms with Gasteiger partial charge in [0.05, 0.1) is 0 Å². The highest BCUT2D eigenvalue weighted by molar-refractivity contribution is 7.80. The number of amides is 1. The van der Waals surface area contributed by atoms with Crippen molar-refractivity contribution in [3.8, 4) is 0 Å². The molecule has 4 heteroatoms. The number of nitrogens with one attached hydrogen (secondary N) is 2. The molecule has 8 bridgehead atoms. The Morgan fingerprint density at radius 1 is 0.778 bits per heavy atom. The molecule has 0 saturated heterocycles. The Hall–Kier alpha value is -0.640. The van der Waals surface area contributed by atoms with E-state index in [4.69, 9.17) is 12.2 Å². The molecular weight excluding hydrogens is 352 g/mol. The molecule has 8 saturated carbocycles. The minimum atomic E-state index is 0.179. The van der Waals surface area contributed by atoms with Gasteiger partial charge in [0.25, 0.3) is 0 Å². The van der Waals surface area contributed by atoms with Crippen LogP contribution in [0.2, 0.25) is 0 Å². The summed E-state index contributed by atoms with van der Waals surface area (Å²) in [5.74, 6) is 6.43. The van der Waals surface area contributed by atoms with Crippen LogP contribution in [0.4, 0.5) is 0 Å². The average molecular weight is 387 g/mol. The van der Waals surface area contributed by atoms with Crippen molar-refractivity contribution in [3.05, 3.63) is 0 Å². The largest absolute Gasteiger partial charge is 0.359 e. The fourth-order valence-corrected chi connectivity index (χ4v) is 9.62. The molecule has 27 heavy (non-hydrogen) atoms. The summed E-state index contributed by atoms with van der Waals surface area (Å²) in [6.45, 7) is 0. The van der Waals surface area contributed by atoms with Gasteiger partial charge in [-0.25, -0.2) is 0 Å². The molecule has 1 amide bonds. The van der Waals surface area contributed by atoms with Crippen molar-refractivity contribution in [1.29, 1.82) is 0 Å². The smallest absolute Gasteiger partial charge is 0.226 e. The molecule has 0 heterocycles. The number of carbonyl (C=O) groups is 1. The Bertz CT molecular complexity index is 595. The van der Waals surface area contributed by atoms with E-state index in [0.29, 0.717) is 23.0 Å². The molecule has 0 aromatic carbocycles. The topological polar surface area (TPSA) is 41.1 Å². The minimum Gasteiger partial charge on any atom is -0.359 e. The van der Waals surface area contributed by atoms with Gasteiger partial charge < -0.3 is 10.6 Å². The molecule has 8 rings (SSSR count). The molecule has 0 unspecified atom stereocenters. The Morgan fingerprint density at radius 3 is 1.78 bits per heavy atom. The Labute approximate surface area is 168 Å². The van der Waals surface area contributed by atoms with Crippen LogP contribution in [0.25, 0.3) is 0 Å². The third-order valence-electron chi connectivity index (χ3n) is 9.48. The molecule has 8 aliphatic carbocycles. The predicted octanol–water partition coefficient (Wildman–Crippen LogP) is 4.41. The van der Waals surface area contributed by atoms with Crippen LogP contribution in [0.5, 0.6) is 0 Å². The predicted molar refractivity (Wildman–Crippen MR) is 110 cm³/mol. The second kappa shape index (κ2) is 6.18. The number of hydrogen-bond donors (Lipinski definition) is 2.